The maximum Gasteiger partial charge on any atom is 0.134 e. The van der Waals surface area contributed by atoms with E-state index in [0.29, 0.717) is 0 Å². The molecule has 0 spiro atoms. The summed E-state index contributed by atoms with van der Waals surface area (Å²) in [7, 11) is 0. The van der Waals surface area contributed by atoms with Crippen molar-refractivity contribution >= 4 is 11.6 Å². The molecule has 1 heterocycles. The SMILES string of the molecule is CCCNc1ncnc(NCCC2CCC2)c1CCC. The Hall–Kier alpha value is -1.32. The maximum absolute atomic E-state index is 4.44. The van der Waals surface area contributed by atoms with Gasteiger partial charge in [0, 0.05) is 18.7 Å². The highest BCUT2D eigenvalue weighted by atomic mass is 15.1. The predicted molar refractivity (Wildman–Crippen MR) is 85.3 cm³/mol. The Labute approximate surface area is 122 Å². The van der Waals surface area contributed by atoms with Gasteiger partial charge in [0.15, 0.2) is 0 Å². The zero-order chi connectivity index (χ0) is 14.2. The topological polar surface area (TPSA) is 49.8 Å². The van der Waals surface area contributed by atoms with Crippen LogP contribution < -0.4 is 10.6 Å². The average Bonchev–Trinajstić information content (AvgIpc) is 2.41. The summed E-state index contributed by atoms with van der Waals surface area (Å²) in [5.74, 6) is 2.98. The zero-order valence-electron chi connectivity index (χ0n) is 12.9. The third kappa shape index (κ3) is 4.09. The first-order valence-electron chi connectivity index (χ1n) is 8.16. The van der Waals surface area contributed by atoms with Gasteiger partial charge in [0.1, 0.15) is 18.0 Å². The molecule has 1 fully saturated rings. The van der Waals surface area contributed by atoms with Gasteiger partial charge < -0.3 is 10.6 Å². The molecule has 0 radical (unpaired) electrons. The van der Waals surface area contributed by atoms with Gasteiger partial charge in [-0.2, -0.15) is 0 Å². The minimum atomic E-state index is 0.941. The summed E-state index contributed by atoms with van der Waals surface area (Å²) in [6.45, 7) is 6.38. The lowest BCUT2D eigenvalue weighted by Crippen LogP contribution is -2.17. The van der Waals surface area contributed by atoms with Gasteiger partial charge in [0.2, 0.25) is 0 Å². The predicted octanol–water partition coefficient (Wildman–Crippen LogP) is 3.85. The Bertz CT molecular complexity index is 401. The molecule has 4 nitrogen and oxygen atoms in total. The Morgan fingerprint density at radius 2 is 1.75 bits per heavy atom. The van der Waals surface area contributed by atoms with E-state index in [9.17, 15) is 0 Å². The van der Waals surface area contributed by atoms with Crippen molar-refractivity contribution in [3.8, 4) is 0 Å². The van der Waals surface area contributed by atoms with E-state index >= 15 is 0 Å². The standard InChI is InChI=1S/C16H28N4/c1-3-6-14-15(17-10-4-2)19-12-20-16(14)18-11-9-13-7-5-8-13/h12-13H,3-11H2,1-2H3,(H2,17,18,19,20). The lowest BCUT2D eigenvalue weighted by atomic mass is 9.83. The summed E-state index contributed by atoms with van der Waals surface area (Å²) in [4.78, 5) is 8.85. The van der Waals surface area contributed by atoms with Crippen molar-refractivity contribution in [2.24, 2.45) is 5.92 Å². The lowest BCUT2D eigenvalue weighted by Gasteiger charge is -2.25. The third-order valence-corrected chi connectivity index (χ3v) is 4.06. The molecule has 1 saturated carbocycles. The molecule has 20 heavy (non-hydrogen) atoms. The molecule has 1 aliphatic carbocycles. The van der Waals surface area contributed by atoms with Gasteiger partial charge >= 0.3 is 0 Å². The van der Waals surface area contributed by atoms with E-state index in [1.165, 1.54) is 31.2 Å². The highest BCUT2D eigenvalue weighted by Crippen LogP contribution is 2.29. The van der Waals surface area contributed by atoms with Crippen LogP contribution in [0.5, 0.6) is 0 Å². The highest BCUT2D eigenvalue weighted by Gasteiger charge is 2.17. The zero-order valence-corrected chi connectivity index (χ0v) is 12.9. The Morgan fingerprint density at radius 1 is 1.05 bits per heavy atom. The van der Waals surface area contributed by atoms with Crippen LogP contribution in [-0.2, 0) is 6.42 Å². The van der Waals surface area contributed by atoms with E-state index in [4.69, 9.17) is 0 Å². The summed E-state index contributed by atoms with van der Waals surface area (Å²) >= 11 is 0. The second kappa shape index (κ2) is 8.08. The maximum atomic E-state index is 4.44. The van der Waals surface area contributed by atoms with Crippen molar-refractivity contribution in [3.63, 3.8) is 0 Å². The summed E-state index contributed by atoms with van der Waals surface area (Å²) in [5, 5.41) is 6.94. The Kier molecular flexibility index (Phi) is 6.09. The van der Waals surface area contributed by atoms with E-state index in [-0.39, 0.29) is 0 Å². The molecule has 0 aromatic carbocycles. The van der Waals surface area contributed by atoms with E-state index in [2.05, 4.69) is 34.4 Å². The molecule has 0 aliphatic heterocycles. The first-order valence-corrected chi connectivity index (χ1v) is 8.16. The molecule has 0 atom stereocenters. The molecule has 112 valence electrons. The lowest BCUT2D eigenvalue weighted by molar-refractivity contribution is 0.303. The normalized spacial score (nSPS) is 14.9. The molecule has 0 unspecified atom stereocenters. The van der Waals surface area contributed by atoms with Crippen LogP contribution in [0.1, 0.15) is 57.9 Å². The summed E-state index contributed by atoms with van der Waals surface area (Å²) in [5.41, 5.74) is 1.25. The number of rotatable bonds is 9. The van der Waals surface area contributed by atoms with E-state index in [0.717, 1.165) is 49.9 Å². The Balaban J connectivity index is 1.96. The first kappa shape index (κ1) is 15.1. The number of anilines is 2. The number of hydrogen-bond donors (Lipinski definition) is 2. The van der Waals surface area contributed by atoms with Crippen molar-refractivity contribution in [1.82, 2.24) is 9.97 Å². The van der Waals surface area contributed by atoms with Crippen LogP contribution in [0.2, 0.25) is 0 Å². The summed E-state index contributed by atoms with van der Waals surface area (Å²) in [6, 6.07) is 0. The van der Waals surface area contributed by atoms with Crippen molar-refractivity contribution < 1.29 is 0 Å². The fourth-order valence-corrected chi connectivity index (χ4v) is 2.62. The number of hydrogen-bond acceptors (Lipinski definition) is 4. The first-order chi connectivity index (χ1) is 9.85. The molecule has 2 N–H and O–H groups in total. The molecular formula is C16H28N4. The van der Waals surface area contributed by atoms with E-state index in [1.807, 2.05) is 0 Å². The molecule has 1 aromatic heterocycles. The van der Waals surface area contributed by atoms with E-state index < -0.39 is 0 Å². The molecule has 0 amide bonds. The van der Waals surface area contributed by atoms with Gasteiger partial charge in [-0.05, 0) is 25.2 Å². The molecule has 1 aromatic rings. The van der Waals surface area contributed by atoms with Crippen LogP contribution in [-0.4, -0.2) is 23.1 Å². The Morgan fingerprint density at radius 3 is 2.30 bits per heavy atom. The third-order valence-electron chi connectivity index (χ3n) is 4.06. The van der Waals surface area contributed by atoms with E-state index in [1.54, 1.807) is 6.33 Å². The van der Waals surface area contributed by atoms with Gasteiger partial charge in [0.25, 0.3) is 0 Å². The monoisotopic (exact) mass is 276 g/mol. The fourth-order valence-electron chi connectivity index (χ4n) is 2.62. The minimum Gasteiger partial charge on any atom is -0.370 e. The summed E-state index contributed by atoms with van der Waals surface area (Å²) < 4.78 is 0. The van der Waals surface area contributed by atoms with Crippen LogP contribution >= 0.6 is 0 Å². The van der Waals surface area contributed by atoms with Gasteiger partial charge in [-0.1, -0.05) is 39.5 Å². The molecular weight excluding hydrogens is 248 g/mol. The van der Waals surface area contributed by atoms with Crippen LogP contribution in [0.15, 0.2) is 6.33 Å². The highest BCUT2D eigenvalue weighted by molar-refractivity contribution is 5.57. The molecule has 2 rings (SSSR count). The van der Waals surface area contributed by atoms with Crippen molar-refractivity contribution in [2.75, 3.05) is 23.7 Å². The number of nitrogens with one attached hydrogen (secondary N) is 2. The molecule has 4 heteroatoms. The van der Waals surface area contributed by atoms with Gasteiger partial charge in [-0.25, -0.2) is 9.97 Å². The van der Waals surface area contributed by atoms with Crippen molar-refractivity contribution in [2.45, 2.75) is 58.8 Å². The van der Waals surface area contributed by atoms with Crippen LogP contribution in [0.4, 0.5) is 11.6 Å². The van der Waals surface area contributed by atoms with Crippen LogP contribution in [0.3, 0.4) is 0 Å². The van der Waals surface area contributed by atoms with Crippen molar-refractivity contribution in [1.29, 1.82) is 0 Å². The van der Waals surface area contributed by atoms with Crippen molar-refractivity contribution in [3.05, 3.63) is 11.9 Å². The second-order valence-corrected chi connectivity index (χ2v) is 5.74. The number of nitrogens with zero attached hydrogens (tertiary/aromatic N) is 2. The van der Waals surface area contributed by atoms with Gasteiger partial charge in [-0.15, -0.1) is 0 Å². The fraction of sp³-hybridized carbons (Fsp3) is 0.750. The summed E-state index contributed by atoms with van der Waals surface area (Å²) in [6.07, 6.45) is 10.4. The van der Waals surface area contributed by atoms with Crippen LogP contribution in [0, 0.1) is 5.92 Å². The molecule has 0 bridgehead atoms. The smallest absolute Gasteiger partial charge is 0.134 e. The van der Waals surface area contributed by atoms with Gasteiger partial charge in [0.05, 0.1) is 0 Å². The average molecular weight is 276 g/mol. The minimum absolute atomic E-state index is 0.941. The molecule has 0 saturated heterocycles. The quantitative estimate of drug-likeness (QED) is 0.719. The number of aromatic nitrogens is 2. The van der Waals surface area contributed by atoms with Crippen LogP contribution in [0.25, 0.3) is 0 Å². The molecule has 1 aliphatic rings. The van der Waals surface area contributed by atoms with Gasteiger partial charge in [-0.3, -0.25) is 0 Å². The largest absolute Gasteiger partial charge is 0.370 e. The second-order valence-electron chi connectivity index (χ2n) is 5.74.